The smallest absolute Gasteiger partial charge is 0.407 e. The lowest BCUT2D eigenvalue weighted by atomic mass is 9.64. The third kappa shape index (κ3) is 6.33. The van der Waals surface area contributed by atoms with E-state index in [2.05, 4.69) is 5.32 Å². The van der Waals surface area contributed by atoms with E-state index in [4.69, 9.17) is 21.1 Å². The summed E-state index contributed by atoms with van der Waals surface area (Å²) >= 11 is 6.20. The first kappa shape index (κ1) is 29.1. The minimum atomic E-state index is -1.81. The summed E-state index contributed by atoms with van der Waals surface area (Å²) in [6, 6.07) is 4.64. The fourth-order valence-electron chi connectivity index (χ4n) is 6.28. The van der Waals surface area contributed by atoms with Crippen molar-refractivity contribution in [1.82, 2.24) is 10.2 Å². The molecule has 1 aliphatic heterocycles. The quantitative estimate of drug-likeness (QED) is 0.329. The summed E-state index contributed by atoms with van der Waals surface area (Å²) in [7, 11) is 3.46. The number of nitrogens with one attached hydrogen (secondary N) is 1. The van der Waals surface area contributed by atoms with Crippen LogP contribution in [0.1, 0.15) is 63.4 Å². The largest absolute Gasteiger partial charge is 0.465 e. The molecule has 1 aromatic rings. The number of unbranched alkanes of at least 4 members (excludes halogenated alkanes) is 1. The van der Waals surface area contributed by atoms with E-state index in [1.54, 1.807) is 19.2 Å². The van der Waals surface area contributed by atoms with Crippen molar-refractivity contribution in [1.29, 1.82) is 0 Å². The van der Waals surface area contributed by atoms with E-state index >= 15 is 4.39 Å². The van der Waals surface area contributed by atoms with E-state index < -0.39 is 23.1 Å². The van der Waals surface area contributed by atoms with E-state index in [1.807, 2.05) is 7.05 Å². The summed E-state index contributed by atoms with van der Waals surface area (Å²) in [6.45, 7) is 1.29. The van der Waals surface area contributed by atoms with Gasteiger partial charge in [0.2, 0.25) is 0 Å². The van der Waals surface area contributed by atoms with Crippen molar-refractivity contribution in [3.05, 3.63) is 34.6 Å². The van der Waals surface area contributed by atoms with Crippen LogP contribution in [0, 0.1) is 17.7 Å². The van der Waals surface area contributed by atoms with E-state index in [0.29, 0.717) is 31.9 Å². The van der Waals surface area contributed by atoms with Crippen LogP contribution >= 0.6 is 11.6 Å². The van der Waals surface area contributed by atoms with Crippen LogP contribution in [0.3, 0.4) is 0 Å². The van der Waals surface area contributed by atoms with Crippen LogP contribution in [0.15, 0.2) is 18.2 Å². The lowest BCUT2D eigenvalue weighted by molar-refractivity contribution is -0.248. The molecule has 2 aliphatic rings. The first-order valence-electron chi connectivity index (χ1n) is 13.2. The third-order valence-electron chi connectivity index (χ3n) is 8.10. The number of rotatable bonds is 12. The van der Waals surface area contributed by atoms with Crippen molar-refractivity contribution in [3.8, 4) is 0 Å². The number of benzene rings is 1. The van der Waals surface area contributed by atoms with Crippen molar-refractivity contribution in [2.75, 3.05) is 47.0 Å². The first-order valence-corrected chi connectivity index (χ1v) is 13.6. The molecule has 0 radical (unpaired) electrons. The number of aliphatic hydroxyl groups is 1. The molecule has 2 unspecified atom stereocenters. The van der Waals surface area contributed by atoms with Gasteiger partial charge in [0.25, 0.3) is 0 Å². The fourth-order valence-corrected chi connectivity index (χ4v) is 6.45. The number of morpholine rings is 1. The molecular weight excluding hydrogens is 487 g/mol. The van der Waals surface area contributed by atoms with Gasteiger partial charge >= 0.3 is 6.09 Å². The number of halogens is 2. The number of nitrogens with zero attached hydrogens (tertiary/aromatic N) is 1. The second-order valence-corrected chi connectivity index (χ2v) is 10.8. The number of hydrogen-bond donors (Lipinski definition) is 3. The van der Waals surface area contributed by atoms with E-state index in [-0.39, 0.29) is 42.6 Å². The van der Waals surface area contributed by atoms with Crippen LogP contribution in [-0.2, 0) is 15.1 Å². The zero-order valence-corrected chi connectivity index (χ0v) is 22.4. The number of ether oxygens (including phenoxy) is 2. The molecular formula is C27H42ClFN2O5. The van der Waals surface area contributed by atoms with Crippen LogP contribution in [0.2, 0.25) is 5.02 Å². The Morgan fingerprint density at radius 1 is 1.36 bits per heavy atom. The molecule has 7 nitrogen and oxygen atoms in total. The molecule has 3 atom stereocenters. The van der Waals surface area contributed by atoms with Gasteiger partial charge in [0.05, 0.1) is 18.2 Å². The molecule has 1 saturated heterocycles. The van der Waals surface area contributed by atoms with E-state index in [1.165, 1.54) is 17.4 Å². The zero-order valence-electron chi connectivity index (χ0n) is 21.6. The summed E-state index contributed by atoms with van der Waals surface area (Å²) in [5, 5.41) is 25.8. The molecule has 204 valence electrons. The van der Waals surface area contributed by atoms with Crippen LogP contribution < -0.4 is 5.32 Å². The summed E-state index contributed by atoms with van der Waals surface area (Å²) < 4.78 is 27.4. The van der Waals surface area contributed by atoms with Crippen LogP contribution in [-0.4, -0.2) is 73.8 Å². The standard InChI is InChI=1S/C27H42ClFN2O5/c1-30-18-21(17-20-9-4-3-5-10-20)27(19-31(25(32)33)14-16-36-27)26(34,13-6-7-15-35-2)22-11-8-12-23(28)24(22)29/h8,11-12,20-21,30,34H,3-7,9-10,13-19H2,1-2H3,(H,32,33)/t21?,26-,27?/m1/s1. The Kier molecular flexibility index (Phi) is 10.8. The molecule has 36 heavy (non-hydrogen) atoms. The molecule has 1 saturated carbocycles. The minimum Gasteiger partial charge on any atom is -0.465 e. The van der Waals surface area contributed by atoms with Gasteiger partial charge in [0.1, 0.15) is 17.0 Å². The lowest BCUT2D eigenvalue weighted by Crippen LogP contribution is -2.69. The molecule has 1 amide bonds. The second kappa shape index (κ2) is 13.4. The molecule has 1 aliphatic carbocycles. The molecule has 2 fully saturated rings. The van der Waals surface area contributed by atoms with Crippen LogP contribution in [0.5, 0.6) is 0 Å². The predicted octanol–water partition coefficient (Wildman–Crippen LogP) is 5.04. The maximum absolute atomic E-state index is 15.6. The molecule has 9 heteroatoms. The Morgan fingerprint density at radius 2 is 2.11 bits per heavy atom. The monoisotopic (exact) mass is 528 g/mol. The Bertz CT molecular complexity index is 855. The van der Waals surface area contributed by atoms with E-state index in [0.717, 1.165) is 32.1 Å². The summed E-state index contributed by atoms with van der Waals surface area (Å²) in [5.41, 5.74) is -3.10. The van der Waals surface area contributed by atoms with Gasteiger partial charge in [0, 0.05) is 38.3 Å². The molecule has 1 aromatic carbocycles. The summed E-state index contributed by atoms with van der Waals surface area (Å²) in [5.74, 6) is -0.497. The fraction of sp³-hybridized carbons (Fsp3) is 0.741. The SMILES string of the molecule is CNCC(CC1CCCCC1)C1([C@@](O)(CCCCOC)c2cccc(Cl)c2F)CN(C(=O)O)CCO1. The number of carbonyl (C=O) groups is 1. The number of amides is 1. The lowest BCUT2D eigenvalue weighted by Gasteiger charge is -2.56. The van der Waals surface area contributed by atoms with Gasteiger partial charge in [-0.3, -0.25) is 0 Å². The highest BCUT2D eigenvalue weighted by molar-refractivity contribution is 6.30. The van der Waals surface area contributed by atoms with Gasteiger partial charge in [-0.1, -0.05) is 55.8 Å². The minimum absolute atomic E-state index is 0.0475. The van der Waals surface area contributed by atoms with Gasteiger partial charge in [-0.05, 0) is 44.7 Å². The molecule has 3 rings (SSSR count). The van der Waals surface area contributed by atoms with Crippen molar-refractivity contribution in [2.45, 2.75) is 69.0 Å². The van der Waals surface area contributed by atoms with Gasteiger partial charge in [-0.2, -0.15) is 0 Å². The molecule has 0 bridgehead atoms. The van der Waals surface area contributed by atoms with Crippen molar-refractivity contribution < 1.29 is 28.9 Å². The maximum Gasteiger partial charge on any atom is 0.407 e. The maximum atomic E-state index is 15.6. The zero-order chi connectivity index (χ0) is 26.2. The number of carboxylic acid groups (broad SMARTS) is 1. The van der Waals surface area contributed by atoms with Crippen LogP contribution in [0.25, 0.3) is 0 Å². The Hall–Kier alpha value is -1.45. The highest BCUT2D eigenvalue weighted by atomic mass is 35.5. The summed E-state index contributed by atoms with van der Waals surface area (Å²) in [6.07, 6.45) is 6.82. The highest BCUT2D eigenvalue weighted by Crippen LogP contribution is 2.50. The Morgan fingerprint density at radius 3 is 2.78 bits per heavy atom. The average Bonchev–Trinajstić information content (AvgIpc) is 2.88. The van der Waals surface area contributed by atoms with Crippen molar-refractivity contribution >= 4 is 17.7 Å². The molecule has 0 aromatic heterocycles. The Labute approximate surface area is 219 Å². The molecule has 3 N–H and O–H groups in total. The topological polar surface area (TPSA) is 91.3 Å². The number of methoxy groups -OCH3 is 1. The first-order chi connectivity index (χ1) is 17.3. The van der Waals surface area contributed by atoms with Crippen molar-refractivity contribution in [2.24, 2.45) is 11.8 Å². The highest BCUT2D eigenvalue weighted by Gasteiger charge is 2.60. The molecule has 1 heterocycles. The molecule has 0 spiro atoms. The number of hydrogen-bond acceptors (Lipinski definition) is 5. The summed E-state index contributed by atoms with van der Waals surface area (Å²) in [4.78, 5) is 13.5. The third-order valence-corrected chi connectivity index (χ3v) is 8.40. The van der Waals surface area contributed by atoms with E-state index in [9.17, 15) is 15.0 Å². The van der Waals surface area contributed by atoms with Crippen LogP contribution in [0.4, 0.5) is 9.18 Å². The average molecular weight is 529 g/mol. The second-order valence-electron chi connectivity index (χ2n) is 10.3. The Balaban J connectivity index is 2.15. The van der Waals surface area contributed by atoms with Gasteiger partial charge in [-0.25, -0.2) is 9.18 Å². The predicted molar refractivity (Wildman–Crippen MR) is 138 cm³/mol. The van der Waals surface area contributed by atoms with Gasteiger partial charge < -0.3 is 29.9 Å². The van der Waals surface area contributed by atoms with Gasteiger partial charge in [-0.15, -0.1) is 0 Å². The normalized spacial score (nSPS) is 23.9. The van der Waals surface area contributed by atoms with Gasteiger partial charge in [0.15, 0.2) is 0 Å². The van der Waals surface area contributed by atoms with Crippen molar-refractivity contribution in [3.63, 3.8) is 0 Å².